The van der Waals surface area contributed by atoms with Crippen LogP contribution in [0.1, 0.15) is 20.8 Å². The van der Waals surface area contributed by atoms with E-state index in [0.29, 0.717) is 5.69 Å². The monoisotopic (exact) mass is 238 g/mol. The highest BCUT2D eigenvalue weighted by molar-refractivity contribution is 5.97. The third-order valence-electron chi connectivity index (χ3n) is 2.73. The van der Waals surface area contributed by atoms with E-state index in [-0.39, 0.29) is 17.1 Å². The van der Waals surface area contributed by atoms with Crippen molar-refractivity contribution in [3.8, 4) is 0 Å². The zero-order valence-electron chi connectivity index (χ0n) is 10.7. The first-order valence-electron chi connectivity index (χ1n) is 5.52. The first kappa shape index (κ1) is 13.6. The minimum Gasteiger partial charge on any atom is -0.319 e. The van der Waals surface area contributed by atoms with E-state index in [1.807, 2.05) is 20.8 Å². The first-order valence-corrected chi connectivity index (χ1v) is 5.52. The van der Waals surface area contributed by atoms with E-state index in [1.165, 1.54) is 17.0 Å². The van der Waals surface area contributed by atoms with Gasteiger partial charge in [-0.3, -0.25) is 4.79 Å². The Morgan fingerprint density at radius 2 is 2.00 bits per heavy atom. The molecule has 0 aliphatic heterocycles. The molecule has 1 aromatic carbocycles. The van der Waals surface area contributed by atoms with Gasteiger partial charge in [-0.1, -0.05) is 26.8 Å². The lowest BCUT2D eigenvalue weighted by molar-refractivity contribution is -0.121. The number of carbonyl (C=O) groups excluding carboxylic acids is 1. The summed E-state index contributed by atoms with van der Waals surface area (Å²) in [6.45, 7) is 5.69. The number of hydrogen-bond acceptors (Lipinski definition) is 2. The van der Waals surface area contributed by atoms with Crippen LogP contribution in [0.2, 0.25) is 0 Å². The number of nitrogens with zero attached hydrogens (tertiary/aromatic N) is 1. The zero-order chi connectivity index (χ0) is 13.2. The fraction of sp³-hybridized carbons (Fsp3) is 0.462. The van der Waals surface area contributed by atoms with E-state index in [2.05, 4.69) is 0 Å². The van der Waals surface area contributed by atoms with Gasteiger partial charge in [0.2, 0.25) is 5.91 Å². The van der Waals surface area contributed by atoms with Gasteiger partial charge < -0.3 is 10.6 Å². The van der Waals surface area contributed by atoms with Gasteiger partial charge >= 0.3 is 0 Å². The Hall–Kier alpha value is -1.42. The summed E-state index contributed by atoms with van der Waals surface area (Å²) in [6.07, 6.45) is 0. The number of likely N-dealkylation sites (N-methyl/N-ethyl adjacent to an activating group) is 1. The molecule has 0 saturated heterocycles. The summed E-state index contributed by atoms with van der Waals surface area (Å²) in [5.74, 6) is -0.588. The Labute approximate surface area is 101 Å². The Bertz CT molecular complexity index is 412. The highest BCUT2D eigenvalue weighted by Crippen LogP contribution is 2.21. The number of amides is 1. The molecule has 1 rings (SSSR count). The molecule has 0 fully saturated rings. The van der Waals surface area contributed by atoms with Gasteiger partial charge in [0.15, 0.2) is 0 Å². The summed E-state index contributed by atoms with van der Waals surface area (Å²) in [6, 6.07) is 5.28. The number of carbonyl (C=O) groups is 1. The second-order valence-corrected chi connectivity index (χ2v) is 5.22. The van der Waals surface area contributed by atoms with Gasteiger partial charge in [-0.05, 0) is 23.6 Å². The summed E-state index contributed by atoms with van der Waals surface area (Å²) < 4.78 is 13.1. The van der Waals surface area contributed by atoms with Gasteiger partial charge in [-0.25, -0.2) is 4.39 Å². The van der Waals surface area contributed by atoms with Gasteiger partial charge in [0, 0.05) is 12.7 Å². The van der Waals surface area contributed by atoms with Crippen LogP contribution in [0.15, 0.2) is 24.3 Å². The molecule has 17 heavy (non-hydrogen) atoms. The van der Waals surface area contributed by atoms with E-state index in [0.717, 1.165) is 0 Å². The van der Waals surface area contributed by atoms with Crippen LogP contribution < -0.4 is 10.6 Å². The highest BCUT2D eigenvalue weighted by atomic mass is 19.1. The van der Waals surface area contributed by atoms with Gasteiger partial charge in [-0.15, -0.1) is 0 Å². The van der Waals surface area contributed by atoms with Crippen LogP contribution in [0.3, 0.4) is 0 Å². The maximum Gasteiger partial charge on any atom is 0.244 e. The lowest BCUT2D eigenvalue weighted by Crippen LogP contribution is -2.49. The van der Waals surface area contributed by atoms with Gasteiger partial charge in [0.05, 0.1) is 6.04 Å². The predicted molar refractivity (Wildman–Crippen MR) is 67.2 cm³/mol. The van der Waals surface area contributed by atoms with Crippen LogP contribution in [-0.2, 0) is 4.79 Å². The Kier molecular flexibility index (Phi) is 3.88. The Morgan fingerprint density at radius 1 is 1.41 bits per heavy atom. The van der Waals surface area contributed by atoms with Gasteiger partial charge in [0.25, 0.3) is 0 Å². The topological polar surface area (TPSA) is 46.3 Å². The third-order valence-corrected chi connectivity index (χ3v) is 2.73. The van der Waals surface area contributed by atoms with Crippen LogP contribution >= 0.6 is 0 Å². The minimum absolute atomic E-state index is 0.219. The van der Waals surface area contributed by atoms with Crippen molar-refractivity contribution in [2.45, 2.75) is 26.8 Å². The summed E-state index contributed by atoms with van der Waals surface area (Å²) in [5.41, 5.74) is 6.07. The molecule has 0 aromatic heterocycles. The van der Waals surface area contributed by atoms with E-state index in [9.17, 15) is 9.18 Å². The maximum atomic E-state index is 13.1. The molecule has 3 nitrogen and oxygen atoms in total. The summed E-state index contributed by atoms with van der Waals surface area (Å²) in [7, 11) is 1.60. The molecule has 4 heteroatoms. The van der Waals surface area contributed by atoms with Crippen molar-refractivity contribution in [3.63, 3.8) is 0 Å². The van der Waals surface area contributed by atoms with Crippen LogP contribution in [0, 0.1) is 11.2 Å². The number of benzene rings is 1. The third kappa shape index (κ3) is 3.27. The van der Waals surface area contributed by atoms with Crippen molar-refractivity contribution in [2.75, 3.05) is 11.9 Å². The molecule has 0 spiro atoms. The molecule has 2 N–H and O–H groups in total. The van der Waals surface area contributed by atoms with Crippen molar-refractivity contribution < 1.29 is 9.18 Å². The normalized spacial score (nSPS) is 13.3. The SMILES string of the molecule is CN(C(=O)C(N)C(C)(C)C)c1cccc(F)c1. The maximum absolute atomic E-state index is 13.1. The fourth-order valence-corrected chi connectivity index (χ4v) is 1.39. The number of anilines is 1. The van der Waals surface area contributed by atoms with Crippen LogP contribution in [0.25, 0.3) is 0 Å². The average molecular weight is 238 g/mol. The van der Waals surface area contributed by atoms with Crippen molar-refractivity contribution in [1.82, 2.24) is 0 Å². The smallest absolute Gasteiger partial charge is 0.244 e. The molecule has 0 saturated carbocycles. The zero-order valence-corrected chi connectivity index (χ0v) is 10.7. The second-order valence-electron chi connectivity index (χ2n) is 5.22. The molecule has 0 aliphatic rings. The molecular formula is C13H19FN2O. The van der Waals surface area contributed by atoms with E-state index in [4.69, 9.17) is 5.73 Å². The molecule has 1 amide bonds. The Morgan fingerprint density at radius 3 is 2.47 bits per heavy atom. The molecular weight excluding hydrogens is 219 g/mol. The number of rotatable bonds is 2. The molecule has 0 heterocycles. The molecule has 94 valence electrons. The second kappa shape index (κ2) is 4.84. The molecule has 0 aliphatic carbocycles. The van der Waals surface area contributed by atoms with Crippen molar-refractivity contribution in [2.24, 2.45) is 11.1 Å². The van der Waals surface area contributed by atoms with E-state index in [1.54, 1.807) is 19.2 Å². The number of hydrogen-bond donors (Lipinski definition) is 1. The van der Waals surface area contributed by atoms with Crippen LogP contribution in [-0.4, -0.2) is 19.0 Å². The summed E-state index contributed by atoms with van der Waals surface area (Å²) in [4.78, 5) is 13.5. The number of halogens is 1. The largest absolute Gasteiger partial charge is 0.319 e. The summed E-state index contributed by atoms with van der Waals surface area (Å²) >= 11 is 0. The quantitative estimate of drug-likeness (QED) is 0.858. The lowest BCUT2D eigenvalue weighted by Gasteiger charge is -2.30. The average Bonchev–Trinajstić information content (AvgIpc) is 2.25. The van der Waals surface area contributed by atoms with Crippen LogP contribution in [0.4, 0.5) is 10.1 Å². The highest BCUT2D eigenvalue weighted by Gasteiger charge is 2.30. The standard InChI is InChI=1S/C13H19FN2O/c1-13(2,3)11(15)12(17)16(4)10-7-5-6-9(14)8-10/h5-8,11H,15H2,1-4H3. The first-order chi connectivity index (χ1) is 7.73. The molecule has 1 aromatic rings. The Balaban J connectivity index is 2.91. The van der Waals surface area contributed by atoms with Crippen molar-refractivity contribution in [3.05, 3.63) is 30.1 Å². The summed E-state index contributed by atoms with van der Waals surface area (Å²) in [5, 5.41) is 0. The molecule has 1 unspecified atom stereocenters. The van der Waals surface area contributed by atoms with Crippen LogP contribution in [0.5, 0.6) is 0 Å². The van der Waals surface area contributed by atoms with Gasteiger partial charge in [0.1, 0.15) is 5.82 Å². The molecule has 0 bridgehead atoms. The van der Waals surface area contributed by atoms with Crippen molar-refractivity contribution in [1.29, 1.82) is 0 Å². The molecule has 1 atom stereocenters. The minimum atomic E-state index is -0.615. The van der Waals surface area contributed by atoms with E-state index < -0.39 is 6.04 Å². The van der Waals surface area contributed by atoms with Crippen molar-refractivity contribution >= 4 is 11.6 Å². The fourth-order valence-electron chi connectivity index (χ4n) is 1.39. The van der Waals surface area contributed by atoms with Gasteiger partial charge in [-0.2, -0.15) is 0 Å². The van der Waals surface area contributed by atoms with E-state index >= 15 is 0 Å². The predicted octanol–water partition coefficient (Wildman–Crippen LogP) is 2.16. The number of nitrogens with two attached hydrogens (primary N) is 1. The lowest BCUT2D eigenvalue weighted by atomic mass is 9.86. The molecule has 0 radical (unpaired) electrons.